The van der Waals surface area contributed by atoms with Gasteiger partial charge in [-0.25, -0.2) is 0 Å². The first-order chi connectivity index (χ1) is 3.68. The van der Waals surface area contributed by atoms with Crippen LogP contribution in [-0.4, -0.2) is 5.71 Å². The van der Waals surface area contributed by atoms with Crippen molar-refractivity contribution in [1.82, 2.24) is 0 Å². The predicted molar refractivity (Wildman–Crippen MR) is 37.4 cm³/mol. The normalized spacial score (nSPS) is 9.75. The van der Waals surface area contributed by atoms with Crippen LogP contribution in [0.3, 0.4) is 0 Å². The maximum Gasteiger partial charge on any atom is 0.0559 e. The lowest BCUT2D eigenvalue weighted by atomic mass is 10.2. The maximum absolute atomic E-state index is 7.16. The highest BCUT2D eigenvalue weighted by molar-refractivity contribution is 6.05. The van der Waals surface area contributed by atoms with Crippen LogP contribution in [0, 0.1) is 5.41 Å². The van der Waals surface area contributed by atoms with Crippen LogP contribution >= 0.6 is 0 Å². The van der Waals surface area contributed by atoms with E-state index in [0.717, 1.165) is 5.57 Å². The average Bonchev–Trinajstić information content (AvgIpc) is 1.67. The largest absolute Gasteiger partial charge is 0.301 e. The Labute approximate surface area is 50.2 Å². The van der Waals surface area contributed by atoms with Gasteiger partial charge >= 0.3 is 0 Å². The van der Waals surface area contributed by atoms with Gasteiger partial charge in [-0.3, -0.25) is 0 Å². The molecule has 0 aromatic rings. The molecule has 1 N–H and O–H groups in total. The minimum atomic E-state index is 0.507. The number of nitrogens with one attached hydrogen (secondary N) is 1. The molecule has 0 saturated carbocycles. The second kappa shape index (κ2) is 3.19. The lowest BCUT2D eigenvalue weighted by Crippen LogP contribution is -1.88. The monoisotopic (exact) mass is 109 g/mol. The molecule has 0 rings (SSSR count). The second-order valence-electron chi connectivity index (χ2n) is 1.69. The van der Waals surface area contributed by atoms with Crippen molar-refractivity contribution in [2.24, 2.45) is 0 Å². The molecule has 0 bridgehead atoms. The van der Waals surface area contributed by atoms with Crippen molar-refractivity contribution in [2.45, 2.75) is 13.8 Å². The zero-order chi connectivity index (χ0) is 6.57. The lowest BCUT2D eigenvalue weighted by molar-refractivity contribution is 1.47. The summed E-state index contributed by atoms with van der Waals surface area (Å²) in [5, 5.41) is 7.16. The summed E-state index contributed by atoms with van der Waals surface area (Å²) < 4.78 is 0. The molecular formula is C7H11N. The highest BCUT2D eigenvalue weighted by atomic mass is 14.4. The predicted octanol–water partition coefficient (Wildman–Crippen LogP) is 2.16. The number of hydrogen-bond acceptors (Lipinski definition) is 1. The summed E-state index contributed by atoms with van der Waals surface area (Å²) in [6, 6.07) is 0. The van der Waals surface area contributed by atoms with Gasteiger partial charge in [-0.1, -0.05) is 12.7 Å². The summed E-state index contributed by atoms with van der Waals surface area (Å²) in [5.74, 6) is 0. The zero-order valence-corrected chi connectivity index (χ0v) is 5.36. The van der Waals surface area contributed by atoms with Gasteiger partial charge in [-0.2, -0.15) is 0 Å². The van der Waals surface area contributed by atoms with Crippen LogP contribution in [0.5, 0.6) is 0 Å². The van der Waals surface area contributed by atoms with E-state index in [1.54, 1.807) is 6.08 Å². The molecule has 0 aliphatic heterocycles. The standard InChI is InChI=1S/C7H11N/c1-4-5-7(8)6(2)3/h4-5,8H,2H2,1,3H3/b5-4-,8-7?. The molecule has 44 valence electrons. The Morgan fingerprint density at radius 1 is 1.62 bits per heavy atom. The fourth-order valence-electron chi connectivity index (χ4n) is 0.309. The van der Waals surface area contributed by atoms with Gasteiger partial charge in [0.15, 0.2) is 0 Å². The van der Waals surface area contributed by atoms with Crippen LogP contribution in [0.1, 0.15) is 13.8 Å². The van der Waals surface area contributed by atoms with Gasteiger partial charge in [0, 0.05) is 0 Å². The summed E-state index contributed by atoms with van der Waals surface area (Å²) in [6.07, 6.45) is 3.55. The van der Waals surface area contributed by atoms with Crippen molar-refractivity contribution in [3.8, 4) is 0 Å². The Hall–Kier alpha value is -0.850. The molecule has 0 aliphatic carbocycles. The molecule has 8 heavy (non-hydrogen) atoms. The van der Waals surface area contributed by atoms with Crippen LogP contribution < -0.4 is 0 Å². The molecule has 0 spiro atoms. The summed E-state index contributed by atoms with van der Waals surface area (Å²) in [4.78, 5) is 0. The van der Waals surface area contributed by atoms with Crippen molar-refractivity contribution in [3.05, 3.63) is 24.3 Å². The third-order valence-corrected chi connectivity index (χ3v) is 0.793. The Morgan fingerprint density at radius 2 is 2.12 bits per heavy atom. The van der Waals surface area contributed by atoms with Crippen LogP contribution in [0.25, 0.3) is 0 Å². The third kappa shape index (κ3) is 2.35. The van der Waals surface area contributed by atoms with E-state index in [9.17, 15) is 0 Å². The maximum atomic E-state index is 7.16. The fraction of sp³-hybridized carbons (Fsp3) is 0.286. The van der Waals surface area contributed by atoms with Gasteiger partial charge in [0.1, 0.15) is 0 Å². The van der Waals surface area contributed by atoms with E-state index >= 15 is 0 Å². The second-order valence-corrected chi connectivity index (χ2v) is 1.69. The SMILES string of the molecule is C=C(C)C(=N)/C=C\C. The summed E-state index contributed by atoms with van der Waals surface area (Å²) >= 11 is 0. The summed E-state index contributed by atoms with van der Waals surface area (Å²) in [7, 11) is 0. The summed E-state index contributed by atoms with van der Waals surface area (Å²) in [5.41, 5.74) is 1.32. The van der Waals surface area contributed by atoms with Crippen molar-refractivity contribution in [3.63, 3.8) is 0 Å². The zero-order valence-electron chi connectivity index (χ0n) is 5.36. The Morgan fingerprint density at radius 3 is 2.25 bits per heavy atom. The smallest absolute Gasteiger partial charge is 0.0559 e. The van der Waals surface area contributed by atoms with Gasteiger partial charge in [-0.05, 0) is 25.5 Å². The van der Waals surface area contributed by atoms with Crippen molar-refractivity contribution in [2.75, 3.05) is 0 Å². The van der Waals surface area contributed by atoms with Crippen LogP contribution in [-0.2, 0) is 0 Å². The summed E-state index contributed by atoms with van der Waals surface area (Å²) in [6.45, 7) is 7.31. The minimum absolute atomic E-state index is 0.507. The van der Waals surface area contributed by atoms with E-state index in [-0.39, 0.29) is 0 Å². The molecular weight excluding hydrogens is 98.1 g/mol. The highest BCUT2D eigenvalue weighted by Crippen LogP contribution is 1.90. The molecule has 0 saturated heterocycles. The topological polar surface area (TPSA) is 23.9 Å². The molecule has 1 heteroatoms. The van der Waals surface area contributed by atoms with Crippen molar-refractivity contribution < 1.29 is 0 Å². The van der Waals surface area contributed by atoms with Gasteiger partial charge in [0.05, 0.1) is 5.71 Å². The molecule has 0 unspecified atom stereocenters. The molecule has 0 atom stereocenters. The van der Waals surface area contributed by atoms with E-state index in [4.69, 9.17) is 5.41 Å². The Bertz CT molecular complexity index is 131. The molecule has 0 aromatic carbocycles. The fourth-order valence-corrected chi connectivity index (χ4v) is 0.309. The van der Waals surface area contributed by atoms with Crippen molar-refractivity contribution in [1.29, 1.82) is 5.41 Å². The van der Waals surface area contributed by atoms with Crippen LogP contribution in [0.15, 0.2) is 24.3 Å². The van der Waals surface area contributed by atoms with E-state index in [1.165, 1.54) is 0 Å². The highest BCUT2D eigenvalue weighted by Gasteiger charge is 1.85. The Kier molecular flexibility index (Phi) is 2.85. The first-order valence-corrected chi connectivity index (χ1v) is 2.55. The van der Waals surface area contributed by atoms with E-state index in [1.807, 2.05) is 19.9 Å². The molecule has 0 heterocycles. The quantitative estimate of drug-likeness (QED) is 0.525. The molecule has 0 aromatic heterocycles. The van der Waals surface area contributed by atoms with Crippen LogP contribution in [0.2, 0.25) is 0 Å². The number of rotatable bonds is 2. The lowest BCUT2D eigenvalue weighted by Gasteiger charge is -1.90. The Balaban J connectivity index is 3.85. The van der Waals surface area contributed by atoms with Gasteiger partial charge < -0.3 is 5.41 Å². The number of hydrogen-bond donors (Lipinski definition) is 1. The van der Waals surface area contributed by atoms with E-state index in [2.05, 4.69) is 6.58 Å². The average molecular weight is 109 g/mol. The molecule has 0 aliphatic rings. The third-order valence-electron chi connectivity index (χ3n) is 0.793. The minimum Gasteiger partial charge on any atom is -0.301 e. The van der Waals surface area contributed by atoms with Gasteiger partial charge in [0.25, 0.3) is 0 Å². The van der Waals surface area contributed by atoms with Crippen molar-refractivity contribution >= 4 is 5.71 Å². The first-order valence-electron chi connectivity index (χ1n) is 2.55. The first kappa shape index (κ1) is 7.15. The van der Waals surface area contributed by atoms with Gasteiger partial charge in [-0.15, -0.1) is 0 Å². The molecule has 0 radical (unpaired) electrons. The molecule has 0 amide bonds. The van der Waals surface area contributed by atoms with Gasteiger partial charge in [0.2, 0.25) is 0 Å². The molecule has 1 nitrogen and oxygen atoms in total. The van der Waals surface area contributed by atoms with E-state index in [0.29, 0.717) is 5.71 Å². The number of allylic oxidation sites excluding steroid dienone is 3. The van der Waals surface area contributed by atoms with Crippen LogP contribution in [0.4, 0.5) is 0 Å². The van der Waals surface area contributed by atoms with E-state index < -0.39 is 0 Å². The molecule has 0 fully saturated rings.